The van der Waals surface area contributed by atoms with Gasteiger partial charge in [0.25, 0.3) is 0 Å². The van der Waals surface area contributed by atoms with Gasteiger partial charge in [0, 0.05) is 38.9 Å². The van der Waals surface area contributed by atoms with Crippen molar-refractivity contribution in [3.05, 3.63) is 29.8 Å². The van der Waals surface area contributed by atoms with Crippen LogP contribution in [0.3, 0.4) is 0 Å². The first-order chi connectivity index (χ1) is 11.3. The summed E-state index contributed by atoms with van der Waals surface area (Å²) in [5.41, 5.74) is 2.45. The molecule has 5 nitrogen and oxygen atoms in total. The number of carbonyl (C=O) groups is 1. The van der Waals surface area contributed by atoms with Gasteiger partial charge < -0.3 is 19.9 Å². The lowest BCUT2D eigenvalue weighted by molar-refractivity contribution is -0.135. The normalized spacial score (nSPS) is 22.0. The fraction of sp³-hybridized carbons (Fsp3) is 0.611. The number of para-hydroxylation sites is 1. The van der Waals surface area contributed by atoms with Crippen molar-refractivity contribution in [2.75, 3.05) is 51.3 Å². The zero-order chi connectivity index (χ0) is 16.1. The molecule has 0 bridgehead atoms. The molecule has 1 amide bonds. The first-order valence-electron chi connectivity index (χ1n) is 8.62. The molecule has 0 aliphatic carbocycles. The van der Waals surface area contributed by atoms with Crippen LogP contribution in [-0.4, -0.2) is 57.2 Å². The summed E-state index contributed by atoms with van der Waals surface area (Å²) in [6.07, 6.45) is 2.09. The van der Waals surface area contributed by atoms with Crippen LogP contribution in [0.2, 0.25) is 0 Å². The molecule has 2 aliphatic heterocycles. The van der Waals surface area contributed by atoms with Gasteiger partial charge in [-0.3, -0.25) is 4.79 Å². The van der Waals surface area contributed by atoms with Gasteiger partial charge in [0.15, 0.2) is 0 Å². The van der Waals surface area contributed by atoms with Gasteiger partial charge in [-0.1, -0.05) is 18.2 Å². The highest BCUT2D eigenvalue weighted by Crippen LogP contribution is 2.23. The molecule has 1 aromatic rings. The highest BCUT2D eigenvalue weighted by molar-refractivity contribution is 5.79. The van der Waals surface area contributed by atoms with Crippen molar-refractivity contribution in [2.24, 2.45) is 5.92 Å². The second-order valence-corrected chi connectivity index (χ2v) is 6.47. The van der Waals surface area contributed by atoms with E-state index in [-0.39, 0.29) is 11.8 Å². The molecule has 2 heterocycles. The Kier molecular flexibility index (Phi) is 5.51. The fourth-order valence-corrected chi connectivity index (χ4v) is 3.46. The molecule has 0 spiro atoms. The third kappa shape index (κ3) is 4.03. The van der Waals surface area contributed by atoms with Gasteiger partial charge in [0.2, 0.25) is 5.91 Å². The van der Waals surface area contributed by atoms with E-state index in [2.05, 4.69) is 34.5 Å². The minimum Gasteiger partial charge on any atom is -0.378 e. The molecule has 1 atom stereocenters. The maximum atomic E-state index is 12.6. The van der Waals surface area contributed by atoms with Crippen molar-refractivity contribution in [1.29, 1.82) is 0 Å². The van der Waals surface area contributed by atoms with Crippen molar-refractivity contribution in [1.82, 2.24) is 10.2 Å². The number of ether oxygens (including phenoxy) is 1. The number of piperidine rings is 1. The molecule has 2 fully saturated rings. The number of hydrogen-bond acceptors (Lipinski definition) is 4. The Morgan fingerprint density at radius 3 is 2.87 bits per heavy atom. The lowest BCUT2D eigenvalue weighted by atomic mass is 9.98. The molecule has 1 aromatic carbocycles. The highest BCUT2D eigenvalue weighted by atomic mass is 16.5. The predicted molar refractivity (Wildman–Crippen MR) is 91.5 cm³/mol. The Hall–Kier alpha value is -1.59. The van der Waals surface area contributed by atoms with Gasteiger partial charge in [0.05, 0.1) is 19.1 Å². The van der Waals surface area contributed by atoms with Crippen molar-refractivity contribution in [3.8, 4) is 0 Å². The van der Waals surface area contributed by atoms with Crippen LogP contribution in [0.1, 0.15) is 18.4 Å². The smallest absolute Gasteiger partial charge is 0.227 e. The average molecular weight is 317 g/mol. The van der Waals surface area contributed by atoms with E-state index in [1.807, 2.05) is 11.9 Å². The second-order valence-electron chi connectivity index (χ2n) is 6.47. The van der Waals surface area contributed by atoms with E-state index >= 15 is 0 Å². The molecule has 126 valence electrons. The van der Waals surface area contributed by atoms with E-state index in [1.165, 1.54) is 11.3 Å². The number of anilines is 1. The molecule has 3 rings (SSSR count). The largest absolute Gasteiger partial charge is 0.378 e. The van der Waals surface area contributed by atoms with E-state index in [1.54, 1.807) is 0 Å². The van der Waals surface area contributed by atoms with Crippen LogP contribution < -0.4 is 10.2 Å². The topological polar surface area (TPSA) is 44.8 Å². The molecule has 0 saturated carbocycles. The van der Waals surface area contributed by atoms with Crippen LogP contribution in [0.4, 0.5) is 5.69 Å². The first kappa shape index (κ1) is 16.3. The Bertz CT molecular complexity index is 523. The van der Waals surface area contributed by atoms with E-state index in [4.69, 9.17) is 4.74 Å². The number of rotatable bonds is 4. The van der Waals surface area contributed by atoms with Gasteiger partial charge in [-0.2, -0.15) is 0 Å². The SMILES string of the molecule is CN(Cc1ccccc1N1CCOCC1)C(=O)[C@@H]1CCCNC1. The molecule has 0 unspecified atom stereocenters. The summed E-state index contributed by atoms with van der Waals surface area (Å²) in [5, 5.41) is 3.33. The minimum absolute atomic E-state index is 0.129. The van der Waals surface area contributed by atoms with Crippen LogP contribution in [0, 0.1) is 5.92 Å². The van der Waals surface area contributed by atoms with E-state index in [0.717, 1.165) is 52.2 Å². The number of carbonyl (C=O) groups excluding carboxylic acids is 1. The predicted octanol–water partition coefficient (Wildman–Crippen LogP) is 1.48. The maximum absolute atomic E-state index is 12.6. The zero-order valence-corrected chi connectivity index (χ0v) is 14.0. The molecular formula is C18H27N3O2. The minimum atomic E-state index is 0.129. The van der Waals surface area contributed by atoms with E-state index in [0.29, 0.717) is 6.54 Å². The number of hydrogen-bond donors (Lipinski definition) is 1. The quantitative estimate of drug-likeness (QED) is 0.914. The molecule has 23 heavy (non-hydrogen) atoms. The summed E-state index contributed by atoms with van der Waals surface area (Å²) in [4.78, 5) is 16.9. The van der Waals surface area contributed by atoms with E-state index < -0.39 is 0 Å². The van der Waals surface area contributed by atoms with Gasteiger partial charge in [0.1, 0.15) is 0 Å². The molecule has 2 aliphatic rings. The summed E-state index contributed by atoms with van der Waals surface area (Å²) < 4.78 is 5.45. The molecular weight excluding hydrogens is 290 g/mol. The maximum Gasteiger partial charge on any atom is 0.227 e. The van der Waals surface area contributed by atoms with Crippen molar-refractivity contribution in [3.63, 3.8) is 0 Å². The molecule has 1 N–H and O–H groups in total. The number of amides is 1. The lowest BCUT2D eigenvalue weighted by Gasteiger charge is -2.32. The monoisotopic (exact) mass is 317 g/mol. The van der Waals surface area contributed by atoms with Crippen LogP contribution in [0.25, 0.3) is 0 Å². The standard InChI is InChI=1S/C18H27N3O2/c1-20(18(22)15-6-4-8-19-13-15)14-16-5-2-3-7-17(16)21-9-11-23-12-10-21/h2-3,5,7,15,19H,4,6,8-14H2,1H3/t15-/m1/s1. The van der Waals surface area contributed by atoms with Gasteiger partial charge >= 0.3 is 0 Å². The molecule has 5 heteroatoms. The third-order valence-corrected chi connectivity index (χ3v) is 4.77. The van der Waals surface area contributed by atoms with Crippen LogP contribution in [0.15, 0.2) is 24.3 Å². The average Bonchev–Trinajstić information content (AvgIpc) is 2.63. The summed E-state index contributed by atoms with van der Waals surface area (Å²) >= 11 is 0. The van der Waals surface area contributed by atoms with Crippen LogP contribution in [0.5, 0.6) is 0 Å². The summed E-state index contributed by atoms with van der Waals surface area (Å²) in [5.74, 6) is 0.387. The molecule has 0 aromatic heterocycles. The number of benzene rings is 1. The van der Waals surface area contributed by atoms with Crippen molar-refractivity contribution in [2.45, 2.75) is 19.4 Å². The summed E-state index contributed by atoms with van der Waals surface area (Å²) in [6.45, 7) is 5.90. The van der Waals surface area contributed by atoms with Crippen molar-refractivity contribution >= 4 is 11.6 Å². The number of morpholine rings is 1. The van der Waals surface area contributed by atoms with Gasteiger partial charge in [-0.05, 0) is 31.0 Å². The molecule has 0 radical (unpaired) electrons. The summed E-state index contributed by atoms with van der Waals surface area (Å²) in [7, 11) is 1.92. The first-order valence-corrected chi connectivity index (χ1v) is 8.62. The Morgan fingerprint density at radius 1 is 1.35 bits per heavy atom. The van der Waals surface area contributed by atoms with Gasteiger partial charge in [-0.15, -0.1) is 0 Å². The lowest BCUT2D eigenvalue weighted by Crippen LogP contribution is -2.41. The van der Waals surface area contributed by atoms with Crippen LogP contribution in [-0.2, 0) is 16.1 Å². The van der Waals surface area contributed by atoms with Crippen LogP contribution >= 0.6 is 0 Å². The van der Waals surface area contributed by atoms with Gasteiger partial charge in [-0.25, -0.2) is 0 Å². The Labute approximate surface area is 138 Å². The highest BCUT2D eigenvalue weighted by Gasteiger charge is 2.24. The number of nitrogens with one attached hydrogen (secondary N) is 1. The fourth-order valence-electron chi connectivity index (χ4n) is 3.46. The third-order valence-electron chi connectivity index (χ3n) is 4.77. The second kappa shape index (κ2) is 7.79. The zero-order valence-electron chi connectivity index (χ0n) is 14.0. The summed E-state index contributed by atoms with van der Waals surface area (Å²) in [6, 6.07) is 8.41. The van der Waals surface area contributed by atoms with E-state index in [9.17, 15) is 4.79 Å². The Balaban J connectivity index is 1.67. The Morgan fingerprint density at radius 2 is 2.13 bits per heavy atom. The van der Waals surface area contributed by atoms with Crippen molar-refractivity contribution < 1.29 is 9.53 Å². The number of nitrogens with zero attached hydrogens (tertiary/aromatic N) is 2. The molecule has 2 saturated heterocycles.